The summed E-state index contributed by atoms with van der Waals surface area (Å²) in [4.78, 5) is 0. The van der Waals surface area contributed by atoms with Crippen LogP contribution in [-0.4, -0.2) is 6.04 Å². The summed E-state index contributed by atoms with van der Waals surface area (Å²) in [5.41, 5.74) is 5.83. The molecule has 0 aliphatic heterocycles. The molecule has 0 fully saturated rings. The monoisotopic (exact) mass is 149 g/mol. The highest BCUT2D eigenvalue weighted by Crippen LogP contribution is 2.32. The van der Waals surface area contributed by atoms with Gasteiger partial charge >= 0.3 is 0 Å². The van der Waals surface area contributed by atoms with E-state index in [0.29, 0.717) is 12.0 Å². The molecule has 2 N–H and O–H groups in total. The molecule has 0 amide bonds. The largest absolute Gasteiger partial charge is 0.324 e. The fourth-order valence-corrected chi connectivity index (χ4v) is 2.11. The minimum atomic E-state index is 0.322. The molecule has 2 aliphatic rings. The van der Waals surface area contributed by atoms with Crippen molar-refractivity contribution in [3.8, 4) is 0 Å². The molecule has 3 unspecified atom stereocenters. The SMILES string of the molecule is NC1C=CC2C=CCCC2C1. The lowest BCUT2D eigenvalue weighted by Gasteiger charge is -2.30. The number of rotatable bonds is 0. The van der Waals surface area contributed by atoms with Gasteiger partial charge in [0.15, 0.2) is 0 Å². The second kappa shape index (κ2) is 2.82. The number of hydrogen-bond acceptors (Lipinski definition) is 1. The van der Waals surface area contributed by atoms with E-state index < -0.39 is 0 Å². The average molecular weight is 149 g/mol. The van der Waals surface area contributed by atoms with Crippen LogP contribution >= 0.6 is 0 Å². The zero-order valence-corrected chi connectivity index (χ0v) is 6.74. The van der Waals surface area contributed by atoms with Crippen LogP contribution in [-0.2, 0) is 0 Å². The Morgan fingerprint density at radius 1 is 1.18 bits per heavy atom. The number of fused-ring (bicyclic) bond motifs is 1. The first-order chi connectivity index (χ1) is 5.36. The molecule has 2 aliphatic carbocycles. The molecule has 0 aromatic heterocycles. The van der Waals surface area contributed by atoms with Crippen LogP contribution in [0.2, 0.25) is 0 Å². The Balaban J connectivity index is 2.14. The lowest BCUT2D eigenvalue weighted by molar-refractivity contribution is 0.350. The maximum atomic E-state index is 5.83. The van der Waals surface area contributed by atoms with E-state index in [1.807, 2.05) is 0 Å². The average Bonchev–Trinajstić information content (AvgIpc) is 2.04. The summed E-state index contributed by atoms with van der Waals surface area (Å²) in [7, 11) is 0. The van der Waals surface area contributed by atoms with E-state index in [0.717, 1.165) is 5.92 Å². The second-order valence-electron chi connectivity index (χ2n) is 3.63. The second-order valence-corrected chi connectivity index (χ2v) is 3.63. The molecule has 0 heterocycles. The van der Waals surface area contributed by atoms with Crippen LogP contribution < -0.4 is 5.73 Å². The number of hydrogen-bond donors (Lipinski definition) is 1. The molecular formula is C10H15N. The minimum absolute atomic E-state index is 0.322. The summed E-state index contributed by atoms with van der Waals surface area (Å²) in [6.07, 6.45) is 12.8. The molecular weight excluding hydrogens is 134 g/mol. The standard InChI is InChI=1S/C10H15N/c11-10-6-5-8-3-1-2-4-9(8)7-10/h1,3,5-6,8-10H,2,4,7,11H2. The Labute approximate surface area is 68.0 Å². The molecule has 60 valence electrons. The molecule has 0 saturated carbocycles. The number of allylic oxidation sites excluding steroid dienone is 3. The normalized spacial score (nSPS) is 42.1. The molecule has 1 heteroatoms. The van der Waals surface area contributed by atoms with E-state index in [2.05, 4.69) is 24.3 Å². The molecule has 1 nitrogen and oxygen atoms in total. The van der Waals surface area contributed by atoms with E-state index >= 15 is 0 Å². The van der Waals surface area contributed by atoms with Crippen molar-refractivity contribution < 1.29 is 0 Å². The van der Waals surface area contributed by atoms with Crippen molar-refractivity contribution in [1.82, 2.24) is 0 Å². The predicted octanol–water partition coefficient (Wildman–Crippen LogP) is 1.86. The quantitative estimate of drug-likeness (QED) is 0.523. The topological polar surface area (TPSA) is 26.0 Å². The van der Waals surface area contributed by atoms with Crippen LogP contribution in [0.3, 0.4) is 0 Å². The smallest absolute Gasteiger partial charge is 0.0226 e. The Hall–Kier alpha value is -0.560. The maximum Gasteiger partial charge on any atom is 0.0226 e. The van der Waals surface area contributed by atoms with Crippen LogP contribution in [0.5, 0.6) is 0 Å². The van der Waals surface area contributed by atoms with E-state index in [9.17, 15) is 0 Å². The first kappa shape index (κ1) is 7.11. The molecule has 2 rings (SSSR count). The van der Waals surface area contributed by atoms with E-state index in [-0.39, 0.29) is 0 Å². The highest BCUT2D eigenvalue weighted by atomic mass is 14.6. The first-order valence-corrected chi connectivity index (χ1v) is 4.47. The molecule has 0 aromatic rings. The van der Waals surface area contributed by atoms with Crippen LogP contribution in [0.1, 0.15) is 19.3 Å². The fourth-order valence-electron chi connectivity index (χ4n) is 2.11. The van der Waals surface area contributed by atoms with Crippen LogP contribution in [0.25, 0.3) is 0 Å². The summed E-state index contributed by atoms with van der Waals surface area (Å²) >= 11 is 0. The van der Waals surface area contributed by atoms with Gasteiger partial charge in [-0.2, -0.15) is 0 Å². The molecule has 0 bridgehead atoms. The molecule has 3 atom stereocenters. The zero-order chi connectivity index (χ0) is 7.68. The van der Waals surface area contributed by atoms with Gasteiger partial charge < -0.3 is 5.73 Å². The minimum Gasteiger partial charge on any atom is -0.324 e. The van der Waals surface area contributed by atoms with Gasteiger partial charge in [-0.1, -0.05) is 24.3 Å². The van der Waals surface area contributed by atoms with Gasteiger partial charge in [-0.3, -0.25) is 0 Å². The van der Waals surface area contributed by atoms with E-state index in [1.54, 1.807) is 0 Å². The molecule has 11 heavy (non-hydrogen) atoms. The summed E-state index contributed by atoms with van der Waals surface area (Å²) in [5.74, 6) is 1.53. The van der Waals surface area contributed by atoms with Crippen molar-refractivity contribution in [3.05, 3.63) is 24.3 Å². The third-order valence-electron chi connectivity index (χ3n) is 2.76. The van der Waals surface area contributed by atoms with Gasteiger partial charge in [0, 0.05) is 6.04 Å². The Kier molecular flexibility index (Phi) is 1.82. The Morgan fingerprint density at radius 3 is 3.00 bits per heavy atom. The van der Waals surface area contributed by atoms with Gasteiger partial charge in [0.1, 0.15) is 0 Å². The van der Waals surface area contributed by atoms with Crippen molar-refractivity contribution in [2.24, 2.45) is 17.6 Å². The molecule has 0 aromatic carbocycles. The van der Waals surface area contributed by atoms with Crippen LogP contribution in [0.4, 0.5) is 0 Å². The Morgan fingerprint density at radius 2 is 2.09 bits per heavy atom. The lowest BCUT2D eigenvalue weighted by Crippen LogP contribution is -2.29. The highest BCUT2D eigenvalue weighted by Gasteiger charge is 2.24. The fraction of sp³-hybridized carbons (Fsp3) is 0.600. The van der Waals surface area contributed by atoms with Gasteiger partial charge in [0.2, 0.25) is 0 Å². The van der Waals surface area contributed by atoms with Crippen molar-refractivity contribution in [1.29, 1.82) is 0 Å². The summed E-state index contributed by atoms with van der Waals surface area (Å²) in [6.45, 7) is 0. The van der Waals surface area contributed by atoms with E-state index in [4.69, 9.17) is 5.73 Å². The van der Waals surface area contributed by atoms with Crippen molar-refractivity contribution in [3.63, 3.8) is 0 Å². The molecule has 0 saturated heterocycles. The third-order valence-corrected chi connectivity index (χ3v) is 2.76. The summed E-state index contributed by atoms with van der Waals surface area (Å²) in [5, 5.41) is 0. The van der Waals surface area contributed by atoms with E-state index in [1.165, 1.54) is 19.3 Å². The van der Waals surface area contributed by atoms with Gasteiger partial charge in [0.05, 0.1) is 0 Å². The number of nitrogens with two attached hydrogens (primary N) is 1. The van der Waals surface area contributed by atoms with Crippen molar-refractivity contribution in [2.45, 2.75) is 25.3 Å². The van der Waals surface area contributed by atoms with Crippen molar-refractivity contribution >= 4 is 0 Å². The zero-order valence-electron chi connectivity index (χ0n) is 6.74. The van der Waals surface area contributed by atoms with Crippen molar-refractivity contribution in [2.75, 3.05) is 0 Å². The molecule has 0 spiro atoms. The van der Waals surface area contributed by atoms with Gasteiger partial charge in [0.25, 0.3) is 0 Å². The predicted molar refractivity (Wildman–Crippen MR) is 47.1 cm³/mol. The summed E-state index contributed by atoms with van der Waals surface area (Å²) in [6, 6.07) is 0.322. The Bertz CT molecular complexity index is 193. The van der Waals surface area contributed by atoms with Crippen LogP contribution in [0.15, 0.2) is 24.3 Å². The lowest BCUT2D eigenvalue weighted by atomic mass is 9.76. The third kappa shape index (κ3) is 1.38. The summed E-state index contributed by atoms with van der Waals surface area (Å²) < 4.78 is 0. The molecule has 0 radical (unpaired) electrons. The van der Waals surface area contributed by atoms with Gasteiger partial charge in [-0.15, -0.1) is 0 Å². The van der Waals surface area contributed by atoms with Gasteiger partial charge in [-0.05, 0) is 31.1 Å². The first-order valence-electron chi connectivity index (χ1n) is 4.47. The van der Waals surface area contributed by atoms with Crippen LogP contribution in [0, 0.1) is 11.8 Å². The van der Waals surface area contributed by atoms with Gasteiger partial charge in [-0.25, -0.2) is 0 Å². The maximum absolute atomic E-state index is 5.83. The highest BCUT2D eigenvalue weighted by molar-refractivity contribution is 5.12.